The largest absolute Gasteiger partial charge is 0.335 e. The van der Waals surface area contributed by atoms with Crippen LogP contribution in [-0.2, 0) is 11.3 Å². The third-order valence-electron chi connectivity index (χ3n) is 4.03. The molecule has 0 unspecified atom stereocenters. The molecule has 3 rings (SSSR count). The van der Waals surface area contributed by atoms with Crippen molar-refractivity contribution in [2.45, 2.75) is 46.1 Å². The summed E-state index contributed by atoms with van der Waals surface area (Å²) in [5.41, 5.74) is 1.15. The van der Waals surface area contributed by atoms with E-state index in [1.807, 2.05) is 11.8 Å². The van der Waals surface area contributed by atoms with Crippen LogP contribution in [0.2, 0.25) is 5.15 Å². The Labute approximate surface area is 133 Å². The first-order chi connectivity index (χ1) is 10.1. The molecule has 1 aliphatic rings. The zero-order valence-corrected chi connectivity index (χ0v) is 13.9. The highest BCUT2D eigenvalue weighted by atomic mass is 35.5. The predicted octanol–water partition coefficient (Wildman–Crippen LogP) is 3.86. The third kappa shape index (κ3) is 2.90. The molecule has 2 aromatic rings. The lowest BCUT2D eigenvalue weighted by Crippen LogP contribution is -2.30. The van der Waals surface area contributed by atoms with E-state index in [0.717, 1.165) is 41.6 Å². The van der Waals surface area contributed by atoms with Crippen LogP contribution < -0.4 is 0 Å². The Kier molecular flexibility index (Phi) is 4.13. The molecule has 0 aromatic carbocycles. The number of carbonyl (C=O) groups is 1. The fourth-order valence-electron chi connectivity index (χ4n) is 2.69. The van der Waals surface area contributed by atoms with Gasteiger partial charge in [0, 0.05) is 17.8 Å². The number of nitrogens with zero attached hydrogens (tertiary/aromatic N) is 3. The van der Waals surface area contributed by atoms with Gasteiger partial charge in [-0.2, -0.15) is 0 Å². The van der Waals surface area contributed by atoms with E-state index >= 15 is 0 Å². The van der Waals surface area contributed by atoms with Crippen molar-refractivity contribution in [1.82, 2.24) is 14.9 Å². The third-order valence-corrected chi connectivity index (χ3v) is 5.41. The van der Waals surface area contributed by atoms with Gasteiger partial charge in [-0.3, -0.25) is 4.79 Å². The van der Waals surface area contributed by atoms with Crippen molar-refractivity contribution in [2.24, 2.45) is 0 Å². The summed E-state index contributed by atoms with van der Waals surface area (Å²) < 4.78 is 0. The van der Waals surface area contributed by atoms with E-state index < -0.39 is 0 Å². The summed E-state index contributed by atoms with van der Waals surface area (Å²) in [6.07, 6.45) is 3.79. The van der Waals surface area contributed by atoms with Crippen LogP contribution in [0.15, 0.2) is 0 Å². The summed E-state index contributed by atoms with van der Waals surface area (Å²) in [6.45, 7) is 5.36. The van der Waals surface area contributed by atoms with Gasteiger partial charge in [0.2, 0.25) is 5.91 Å². The highest BCUT2D eigenvalue weighted by Gasteiger charge is 2.19. The number of carbonyl (C=O) groups excluding carboxylic acids is 1. The van der Waals surface area contributed by atoms with Crippen molar-refractivity contribution >= 4 is 39.1 Å². The van der Waals surface area contributed by atoms with Gasteiger partial charge in [-0.25, -0.2) is 9.97 Å². The summed E-state index contributed by atoms with van der Waals surface area (Å²) in [4.78, 5) is 25.1. The molecule has 1 aliphatic heterocycles. The molecule has 1 saturated heterocycles. The Balaban J connectivity index is 1.92. The summed E-state index contributed by atoms with van der Waals surface area (Å²) in [5, 5.41) is 1.45. The lowest BCUT2D eigenvalue weighted by molar-refractivity contribution is -0.131. The molecule has 3 heterocycles. The first-order valence-electron chi connectivity index (χ1n) is 7.26. The number of hydrogen-bond donors (Lipinski definition) is 0. The quantitative estimate of drug-likeness (QED) is 0.788. The lowest BCUT2D eigenvalue weighted by Gasteiger charge is -2.19. The smallest absolute Gasteiger partial charge is 0.222 e. The molecular formula is C15H18ClN3OS. The topological polar surface area (TPSA) is 46.1 Å². The molecular weight excluding hydrogens is 306 g/mol. The maximum atomic E-state index is 12.1. The van der Waals surface area contributed by atoms with Gasteiger partial charge in [0.1, 0.15) is 9.98 Å². The monoisotopic (exact) mass is 323 g/mol. The van der Waals surface area contributed by atoms with Crippen LogP contribution >= 0.6 is 22.9 Å². The van der Waals surface area contributed by atoms with E-state index in [4.69, 9.17) is 11.6 Å². The molecule has 0 N–H and O–H groups in total. The van der Waals surface area contributed by atoms with Gasteiger partial charge in [0.25, 0.3) is 0 Å². The Hall–Kier alpha value is -1.20. The molecule has 6 heteroatoms. The molecule has 112 valence electrons. The Morgan fingerprint density at radius 1 is 1.24 bits per heavy atom. The number of hydrogen-bond acceptors (Lipinski definition) is 4. The Morgan fingerprint density at radius 2 is 2.05 bits per heavy atom. The number of amides is 1. The minimum atomic E-state index is 0.200. The Bertz CT molecular complexity index is 698. The SMILES string of the molecule is Cc1sc2nc(CN3CCCCCC3=O)nc(Cl)c2c1C. The minimum Gasteiger partial charge on any atom is -0.335 e. The number of thiophene rings is 1. The highest BCUT2D eigenvalue weighted by Crippen LogP contribution is 2.33. The summed E-state index contributed by atoms with van der Waals surface area (Å²) >= 11 is 7.95. The van der Waals surface area contributed by atoms with Crippen molar-refractivity contribution in [3.63, 3.8) is 0 Å². The fourth-order valence-corrected chi connectivity index (χ4v) is 4.12. The van der Waals surface area contributed by atoms with Gasteiger partial charge in [-0.1, -0.05) is 18.0 Å². The second-order valence-corrected chi connectivity index (χ2v) is 7.08. The van der Waals surface area contributed by atoms with Crippen molar-refractivity contribution in [3.05, 3.63) is 21.4 Å². The van der Waals surface area contributed by atoms with Gasteiger partial charge < -0.3 is 4.90 Å². The van der Waals surface area contributed by atoms with Crippen LogP contribution in [0.25, 0.3) is 10.2 Å². The Morgan fingerprint density at radius 3 is 2.86 bits per heavy atom. The van der Waals surface area contributed by atoms with Gasteiger partial charge in [0.15, 0.2) is 5.82 Å². The van der Waals surface area contributed by atoms with Crippen molar-refractivity contribution in [1.29, 1.82) is 0 Å². The minimum absolute atomic E-state index is 0.200. The molecule has 0 bridgehead atoms. The number of likely N-dealkylation sites (tertiary alicyclic amines) is 1. The van der Waals surface area contributed by atoms with Gasteiger partial charge >= 0.3 is 0 Å². The molecule has 1 fully saturated rings. The number of fused-ring (bicyclic) bond motifs is 1. The second-order valence-electron chi connectivity index (χ2n) is 5.52. The summed E-state index contributed by atoms with van der Waals surface area (Å²) in [7, 11) is 0. The first-order valence-corrected chi connectivity index (χ1v) is 8.45. The molecule has 0 aliphatic carbocycles. The number of rotatable bonds is 2. The van der Waals surface area contributed by atoms with E-state index in [-0.39, 0.29) is 5.91 Å². The predicted molar refractivity (Wildman–Crippen MR) is 85.8 cm³/mol. The maximum absolute atomic E-state index is 12.1. The van der Waals surface area contributed by atoms with Gasteiger partial charge in [-0.15, -0.1) is 11.3 Å². The van der Waals surface area contributed by atoms with Crippen LogP contribution in [0.1, 0.15) is 41.9 Å². The van der Waals surface area contributed by atoms with Crippen LogP contribution in [-0.4, -0.2) is 27.3 Å². The molecule has 0 radical (unpaired) electrons. The lowest BCUT2D eigenvalue weighted by atomic mass is 10.2. The number of aromatic nitrogens is 2. The fraction of sp³-hybridized carbons (Fsp3) is 0.533. The van der Waals surface area contributed by atoms with Crippen LogP contribution in [0.3, 0.4) is 0 Å². The zero-order valence-electron chi connectivity index (χ0n) is 12.3. The molecule has 1 amide bonds. The van der Waals surface area contributed by atoms with Crippen molar-refractivity contribution in [2.75, 3.05) is 6.54 Å². The van der Waals surface area contributed by atoms with Crippen LogP contribution in [0, 0.1) is 13.8 Å². The normalized spacial score (nSPS) is 16.5. The second kappa shape index (κ2) is 5.89. The molecule has 4 nitrogen and oxygen atoms in total. The average Bonchev–Trinajstić information content (AvgIpc) is 2.59. The van der Waals surface area contributed by atoms with E-state index in [1.165, 1.54) is 4.88 Å². The van der Waals surface area contributed by atoms with E-state index in [9.17, 15) is 4.79 Å². The number of aryl methyl sites for hydroxylation is 2. The van der Waals surface area contributed by atoms with E-state index in [2.05, 4.69) is 16.9 Å². The van der Waals surface area contributed by atoms with Crippen molar-refractivity contribution in [3.8, 4) is 0 Å². The van der Waals surface area contributed by atoms with Gasteiger partial charge in [-0.05, 0) is 32.3 Å². The molecule has 2 aromatic heterocycles. The maximum Gasteiger partial charge on any atom is 0.222 e. The van der Waals surface area contributed by atoms with Gasteiger partial charge in [0.05, 0.1) is 11.9 Å². The highest BCUT2D eigenvalue weighted by molar-refractivity contribution is 7.18. The van der Waals surface area contributed by atoms with Crippen LogP contribution in [0.4, 0.5) is 0 Å². The molecule has 0 spiro atoms. The average molecular weight is 324 g/mol. The molecule has 21 heavy (non-hydrogen) atoms. The zero-order chi connectivity index (χ0) is 15.0. The number of halogens is 1. The van der Waals surface area contributed by atoms with E-state index in [0.29, 0.717) is 23.9 Å². The summed E-state index contributed by atoms with van der Waals surface area (Å²) in [5.74, 6) is 0.842. The van der Waals surface area contributed by atoms with Crippen LogP contribution in [0.5, 0.6) is 0 Å². The molecule has 0 saturated carbocycles. The molecule has 0 atom stereocenters. The van der Waals surface area contributed by atoms with E-state index in [1.54, 1.807) is 11.3 Å². The standard InChI is InChI=1S/C15H18ClN3OS/c1-9-10(2)21-15-13(9)14(16)17-11(18-15)8-19-7-5-3-4-6-12(19)20/h3-8H2,1-2H3. The first kappa shape index (κ1) is 14.7. The summed E-state index contributed by atoms with van der Waals surface area (Å²) in [6, 6.07) is 0. The van der Waals surface area contributed by atoms with Crippen molar-refractivity contribution < 1.29 is 4.79 Å².